The van der Waals surface area contributed by atoms with Gasteiger partial charge in [-0.15, -0.1) is 11.3 Å². The van der Waals surface area contributed by atoms with Crippen LogP contribution in [0.15, 0.2) is 48.7 Å². The Morgan fingerprint density at radius 2 is 1.96 bits per heavy atom. The summed E-state index contributed by atoms with van der Waals surface area (Å²) in [6.45, 7) is 0.690. The number of pyridine rings is 1. The van der Waals surface area contributed by atoms with Crippen molar-refractivity contribution in [1.82, 2.24) is 14.9 Å². The lowest BCUT2D eigenvalue weighted by molar-refractivity contribution is -0.129. The van der Waals surface area contributed by atoms with Gasteiger partial charge in [0.1, 0.15) is 0 Å². The molecular formula is C18H19N3OS. The van der Waals surface area contributed by atoms with Crippen molar-refractivity contribution in [3.05, 3.63) is 59.4 Å². The first-order valence-electron chi connectivity index (χ1n) is 7.71. The molecule has 5 heteroatoms. The summed E-state index contributed by atoms with van der Waals surface area (Å²) in [5.74, 6) is 0.153. The summed E-state index contributed by atoms with van der Waals surface area (Å²) in [4.78, 5) is 22.9. The number of para-hydroxylation sites is 1. The van der Waals surface area contributed by atoms with Crippen molar-refractivity contribution >= 4 is 27.5 Å². The predicted octanol–water partition coefficient (Wildman–Crippen LogP) is 3.33. The van der Waals surface area contributed by atoms with Crippen LogP contribution in [0.25, 0.3) is 10.2 Å². The molecule has 0 fully saturated rings. The van der Waals surface area contributed by atoms with E-state index in [1.165, 1.54) is 4.70 Å². The van der Waals surface area contributed by atoms with Gasteiger partial charge in [0.05, 0.1) is 15.2 Å². The zero-order chi connectivity index (χ0) is 16.1. The highest BCUT2D eigenvalue weighted by molar-refractivity contribution is 7.18. The maximum Gasteiger partial charge on any atom is 0.222 e. The van der Waals surface area contributed by atoms with Gasteiger partial charge in [-0.25, -0.2) is 4.98 Å². The third-order valence-corrected chi connectivity index (χ3v) is 4.84. The van der Waals surface area contributed by atoms with E-state index in [4.69, 9.17) is 0 Å². The molecule has 4 nitrogen and oxygen atoms in total. The van der Waals surface area contributed by atoms with E-state index in [1.54, 1.807) is 22.4 Å². The van der Waals surface area contributed by atoms with Crippen LogP contribution in [0.4, 0.5) is 0 Å². The van der Waals surface area contributed by atoms with Crippen LogP contribution in [0.2, 0.25) is 0 Å². The van der Waals surface area contributed by atoms with E-state index in [1.807, 2.05) is 43.4 Å². The van der Waals surface area contributed by atoms with Crippen LogP contribution in [0.1, 0.15) is 17.1 Å². The number of fused-ring (bicyclic) bond motifs is 1. The SMILES string of the molecule is CN(CCc1ccccn1)C(=O)CCc1nc2ccccc2s1. The Kier molecular flexibility index (Phi) is 4.98. The molecule has 0 aliphatic heterocycles. The molecule has 3 rings (SSSR count). The molecule has 0 atom stereocenters. The number of thiazole rings is 1. The summed E-state index contributed by atoms with van der Waals surface area (Å²) < 4.78 is 1.18. The van der Waals surface area contributed by atoms with E-state index < -0.39 is 0 Å². The number of rotatable bonds is 6. The first-order valence-corrected chi connectivity index (χ1v) is 8.52. The quantitative estimate of drug-likeness (QED) is 0.698. The van der Waals surface area contributed by atoms with Crippen LogP contribution in [-0.2, 0) is 17.6 Å². The van der Waals surface area contributed by atoms with Gasteiger partial charge in [-0.1, -0.05) is 18.2 Å². The fraction of sp³-hybridized carbons (Fsp3) is 0.278. The fourth-order valence-electron chi connectivity index (χ4n) is 2.38. The minimum absolute atomic E-state index is 0.153. The predicted molar refractivity (Wildman–Crippen MR) is 93.5 cm³/mol. The smallest absolute Gasteiger partial charge is 0.222 e. The standard InChI is InChI=1S/C18H19N3OS/c1-21(13-11-14-6-4-5-12-19-14)18(22)10-9-17-20-15-7-2-3-8-16(15)23-17/h2-8,12H,9-11,13H2,1H3. The van der Waals surface area contributed by atoms with Gasteiger partial charge in [0.15, 0.2) is 0 Å². The topological polar surface area (TPSA) is 46.1 Å². The number of hydrogen-bond acceptors (Lipinski definition) is 4. The Morgan fingerprint density at radius 3 is 2.74 bits per heavy atom. The zero-order valence-electron chi connectivity index (χ0n) is 13.1. The van der Waals surface area contributed by atoms with Gasteiger partial charge >= 0.3 is 0 Å². The fourth-order valence-corrected chi connectivity index (χ4v) is 3.35. The average molecular weight is 325 g/mol. The number of aromatic nitrogens is 2. The molecule has 1 aromatic carbocycles. The van der Waals surface area contributed by atoms with Gasteiger partial charge in [0.25, 0.3) is 0 Å². The second kappa shape index (κ2) is 7.33. The van der Waals surface area contributed by atoms with E-state index in [0.29, 0.717) is 19.4 Å². The summed E-state index contributed by atoms with van der Waals surface area (Å²) in [5, 5.41) is 1.03. The molecule has 2 aromatic heterocycles. The summed E-state index contributed by atoms with van der Waals surface area (Å²) in [6, 6.07) is 13.9. The maximum atomic E-state index is 12.2. The summed E-state index contributed by atoms with van der Waals surface area (Å²) >= 11 is 1.67. The largest absolute Gasteiger partial charge is 0.345 e. The first kappa shape index (κ1) is 15.6. The molecule has 3 aromatic rings. The molecule has 0 unspecified atom stereocenters. The highest BCUT2D eigenvalue weighted by Crippen LogP contribution is 2.22. The Balaban J connectivity index is 1.50. The highest BCUT2D eigenvalue weighted by atomic mass is 32.1. The van der Waals surface area contributed by atoms with Crippen molar-refractivity contribution in [2.24, 2.45) is 0 Å². The molecule has 0 spiro atoms. The van der Waals surface area contributed by atoms with E-state index in [2.05, 4.69) is 16.0 Å². The Hall–Kier alpha value is -2.27. The number of nitrogens with zero attached hydrogens (tertiary/aromatic N) is 3. The minimum Gasteiger partial charge on any atom is -0.345 e. The van der Waals surface area contributed by atoms with Crippen LogP contribution in [0, 0.1) is 0 Å². The number of hydrogen-bond donors (Lipinski definition) is 0. The molecule has 1 amide bonds. The third-order valence-electron chi connectivity index (χ3n) is 3.75. The molecule has 0 N–H and O–H groups in total. The molecule has 0 aliphatic carbocycles. The Labute approximate surface area is 139 Å². The first-order chi connectivity index (χ1) is 11.2. The molecule has 0 aliphatic rings. The summed E-state index contributed by atoms with van der Waals surface area (Å²) in [6.07, 6.45) is 3.76. The highest BCUT2D eigenvalue weighted by Gasteiger charge is 2.11. The van der Waals surface area contributed by atoms with Crippen molar-refractivity contribution < 1.29 is 4.79 Å². The zero-order valence-corrected chi connectivity index (χ0v) is 13.9. The molecule has 0 saturated heterocycles. The molecule has 0 radical (unpaired) electrons. The normalized spacial score (nSPS) is 10.8. The minimum atomic E-state index is 0.153. The van der Waals surface area contributed by atoms with Gasteiger partial charge in [-0.05, 0) is 24.3 Å². The van der Waals surface area contributed by atoms with Gasteiger partial charge in [-0.2, -0.15) is 0 Å². The summed E-state index contributed by atoms with van der Waals surface area (Å²) in [5.41, 5.74) is 2.03. The lowest BCUT2D eigenvalue weighted by Crippen LogP contribution is -2.29. The number of aryl methyl sites for hydroxylation is 1. The van der Waals surface area contributed by atoms with Crippen LogP contribution in [0.5, 0.6) is 0 Å². The number of carbonyl (C=O) groups is 1. The van der Waals surface area contributed by atoms with Crippen molar-refractivity contribution in [2.75, 3.05) is 13.6 Å². The molecule has 0 bridgehead atoms. The van der Waals surface area contributed by atoms with Gasteiger partial charge < -0.3 is 4.90 Å². The second-order valence-electron chi connectivity index (χ2n) is 5.46. The molecule has 118 valence electrons. The van der Waals surface area contributed by atoms with Crippen LogP contribution in [0.3, 0.4) is 0 Å². The molecule has 0 saturated carbocycles. The van der Waals surface area contributed by atoms with Crippen LogP contribution < -0.4 is 0 Å². The number of amides is 1. The lowest BCUT2D eigenvalue weighted by Gasteiger charge is -2.16. The van der Waals surface area contributed by atoms with Gasteiger partial charge in [0.2, 0.25) is 5.91 Å². The third kappa shape index (κ3) is 4.13. The van der Waals surface area contributed by atoms with E-state index >= 15 is 0 Å². The molecular weight excluding hydrogens is 306 g/mol. The van der Waals surface area contributed by atoms with E-state index in [9.17, 15) is 4.79 Å². The van der Waals surface area contributed by atoms with Gasteiger partial charge in [-0.3, -0.25) is 9.78 Å². The monoisotopic (exact) mass is 325 g/mol. The van der Waals surface area contributed by atoms with Crippen molar-refractivity contribution in [3.8, 4) is 0 Å². The molecule has 2 heterocycles. The number of likely N-dealkylation sites (N-methyl/N-ethyl adjacent to an activating group) is 1. The van der Waals surface area contributed by atoms with Crippen LogP contribution in [-0.4, -0.2) is 34.4 Å². The van der Waals surface area contributed by atoms with E-state index in [-0.39, 0.29) is 5.91 Å². The molecule has 23 heavy (non-hydrogen) atoms. The van der Waals surface area contributed by atoms with Gasteiger partial charge in [0, 0.05) is 44.7 Å². The van der Waals surface area contributed by atoms with Crippen molar-refractivity contribution in [1.29, 1.82) is 0 Å². The Bertz CT molecular complexity index is 752. The maximum absolute atomic E-state index is 12.2. The van der Waals surface area contributed by atoms with Crippen LogP contribution >= 0.6 is 11.3 Å². The number of benzene rings is 1. The average Bonchev–Trinajstić information content (AvgIpc) is 3.01. The van der Waals surface area contributed by atoms with Crippen molar-refractivity contribution in [2.45, 2.75) is 19.3 Å². The number of carbonyl (C=O) groups excluding carboxylic acids is 1. The van der Waals surface area contributed by atoms with E-state index in [0.717, 1.165) is 22.6 Å². The van der Waals surface area contributed by atoms with Crippen molar-refractivity contribution in [3.63, 3.8) is 0 Å². The second-order valence-corrected chi connectivity index (χ2v) is 6.58. The summed E-state index contributed by atoms with van der Waals surface area (Å²) in [7, 11) is 1.85. The Morgan fingerprint density at radius 1 is 1.13 bits per heavy atom. The lowest BCUT2D eigenvalue weighted by atomic mass is 10.2.